The van der Waals surface area contributed by atoms with Crippen molar-refractivity contribution in [1.29, 1.82) is 0 Å². The molecule has 1 amide bonds. The average Bonchev–Trinajstić information content (AvgIpc) is 2.61. The van der Waals surface area contributed by atoms with Crippen LogP contribution in [0.5, 0.6) is 0 Å². The van der Waals surface area contributed by atoms with E-state index in [1.165, 1.54) is 11.3 Å². The molecular weight excluding hydrogens is 194 g/mol. The molecule has 2 nitrogen and oxygen atoms in total. The van der Waals surface area contributed by atoms with Gasteiger partial charge in [-0.15, -0.1) is 11.3 Å². The van der Waals surface area contributed by atoms with Gasteiger partial charge in [0.15, 0.2) is 0 Å². The SMILES string of the molecule is CCNC(=O)c1cc2ccccc2s1. The molecule has 0 aliphatic rings. The Hall–Kier alpha value is -1.35. The minimum atomic E-state index is 0.0219. The fraction of sp³-hybridized carbons (Fsp3) is 0.182. The number of nitrogens with one attached hydrogen (secondary N) is 1. The van der Waals surface area contributed by atoms with Crippen molar-refractivity contribution in [2.45, 2.75) is 6.92 Å². The third-order valence-electron chi connectivity index (χ3n) is 1.99. The highest BCUT2D eigenvalue weighted by Gasteiger charge is 2.07. The van der Waals surface area contributed by atoms with Gasteiger partial charge in [-0.2, -0.15) is 0 Å². The van der Waals surface area contributed by atoms with Crippen LogP contribution < -0.4 is 5.32 Å². The molecule has 2 aromatic rings. The van der Waals surface area contributed by atoms with Crippen LogP contribution in [-0.2, 0) is 0 Å². The van der Waals surface area contributed by atoms with Crippen LogP contribution in [0.1, 0.15) is 16.6 Å². The molecule has 0 aliphatic carbocycles. The van der Waals surface area contributed by atoms with Crippen LogP contribution in [0.4, 0.5) is 0 Å². The van der Waals surface area contributed by atoms with E-state index in [4.69, 9.17) is 0 Å². The van der Waals surface area contributed by atoms with Crippen molar-refractivity contribution >= 4 is 27.3 Å². The van der Waals surface area contributed by atoms with Gasteiger partial charge in [0.1, 0.15) is 0 Å². The van der Waals surface area contributed by atoms with Crippen LogP contribution in [0, 0.1) is 0 Å². The van der Waals surface area contributed by atoms with Crippen LogP contribution in [-0.4, -0.2) is 12.5 Å². The van der Waals surface area contributed by atoms with Crippen LogP contribution in [0.15, 0.2) is 30.3 Å². The molecule has 0 saturated heterocycles. The first-order valence-electron chi connectivity index (χ1n) is 4.58. The lowest BCUT2D eigenvalue weighted by Crippen LogP contribution is -2.21. The lowest BCUT2D eigenvalue weighted by molar-refractivity contribution is 0.0960. The first-order chi connectivity index (χ1) is 6.81. The standard InChI is InChI=1S/C11H11NOS/c1-2-12-11(13)10-7-8-5-3-4-6-9(8)14-10/h3-7H,2H2,1H3,(H,12,13). The third-order valence-corrected chi connectivity index (χ3v) is 3.10. The van der Waals surface area contributed by atoms with E-state index < -0.39 is 0 Å². The van der Waals surface area contributed by atoms with Crippen molar-refractivity contribution in [2.24, 2.45) is 0 Å². The van der Waals surface area contributed by atoms with Crippen molar-refractivity contribution in [3.63, 3.8) is 0 Å². The second-order valence-electron chi connectivity index (χ2n) is 3.01. The van der Waals surface area contributed by atoms with E-state index >= 15 is 0 Å². The van der Waals surface area contributed by atoms with Gasteiger partial charge in [-0.05, 0) is 24.4 Å². The number of carbonyl (C=O) groups excluding carboxylic acids is 1. The second-order valence-corrected chi connectivity index (χ2v) is 4.09. The van der Waals surface area contributed by atoms with Crippen LogP contribution in [0.2, 0.25) is 0 Å². The molecule has 1 N–H and O–H groups in total. The van der Waals surface area contributed by atoms with Gasteiger partial charge in [0.2, 0.25) is 0 Å². The third kappa shape index (κ3) is 1.63. The van der Waals surface area contributed by atoms with E-state index in [2.05, 4.69) is 5.32 Å². The summed E-state index contributed by atoms with van der Waals surface area (Å²) in [5.74, 6) is 0.0219. The Morgan fingerprint density at radius 1 is 1.43 bits per heavy atom. The van der Waals surface area contributed by atoms with Crippen molar-refractivity contribution in [3.8, 4) is 0 Å². The predicted molar refractivity (Wildman–Crippen MR) is 59.8 cm³/mol. The van der Waals surface area contributed by atoms with E-state index in [-0.39, 0.29) is 5.91 Å². The summed E-state index contributed by atoms with van der Waals surface area (Å²) < 4.78 is 1.16. The summed E-state index contributed by atoms with van der Waals surface area (Å²) in [6, 6.07) is 9.96. The zero-order valence-corrected chi connectivity index (χ0v) is 8.73. The Bertz CT molecular complexity index is 428. The minimum absolute atomic E-state index is 0.0219. The normalized spacial score (nSPS) is 10.4. The summed E-state index contributed by atoms with van der Waals surface area (Å²) in [7, 11) is 0. The maximum Gasteiger partial charge on any atom is 0.261 e. The van der Waals surface area contributed by atoms with Crippen LogP contribution in [0.25, 0.3) is 10.1 Å². The van der Waals surface area contributed by atoms with Gasteiger partial charge < -0.3 is 5.32 Å². The molecule has 0 saturated carbocycles. The number of amides is 1. The number of benzene rings is 1. The topological polar surface area (TPSA) is 29.1 Å². The summed E-state index contributed by atoms with van der Waals surface area (Å²) >= 11 is 1.53. The van der Waals surface area contributed by atoms with Gasteiger partial charge in [-0.3, -0.25) is 4.79 Å². The fourth-order valence-electron chi connectivity index (χ4n) is 1.34. The summed E-state index contributed by atoms with van der Waals surface area (Å²) in [5.41, 5.74) is 0. The molecule has 0 spiro atoms. The average molecular weight is 205 g/mol. The van der Waals surface area contributed by atoms with Crippen LogP contribution in [0.3, 0.4) is 0 Å². The van der Waals surface area contributed by atoms with Crippen molar-refractivity contribution in [1.82, 2.24) is 5.32 Å². The summed E-state index contributed by atoms with van der Waals surface area (Å²) in [5, 5.41) is 3.93. The highest BCUT2D eigenvalue weighted by molar-refractivity contribution is 7.20. The Morgan fingerprint density at radius 3 is 2.93 bits per heavy atom. The molecule has 0 unspecified atom stereocenters. The second kappa shape index (κ2) is 3.80. The molecule has 0 bridgehead atoms. The number of hydrogen-bond donors (Lipinski definition) is 1. The van der Waals surface area contributed by atoms with E-state index in [1.54, 1.807) is 0 Å². The maximum absolute atomic E-state index is 11.5. The Morgan fingerprint density at radius 2 is 2.21 bits per heavy atom. The number of fused-ring (bicyclic) bond motifs is 1. The lowest BCUT2D eigenvalue weighted by Gasteiger charge is -1.95. The van der Waals surface area contributed by atoms with E-state index in [0.29, 0.717) is 6.54 Å². The zero-order valence-electron chi connectivity index (χ0n) is 7.91. The number of hydrogen-bond acceptors (Lipinski definition) is 2. The van der Waals surface area contributed by atoms with E-state index in [1.807, 2.05) is 37.3 Å². The zero-order chi connectivity index (χ0) is 9.97. The molecular formula is C11H11NOS. The molecule has 1 heterocycles. The molecule has 0 fully saturated rings. The molecule has 0 aliphatic heterocycles. The summed E-state index contributed by atoms with van der Waals surface area (Å²) in [6.07, 6.45) is 0. The largest absolute Gasteiger partial charge is 0.352 e. The molecule has 1 aromatic heterocycles. The summed E-state index contributed by atoms with van der Waals surface area (Å²) in [4.78, 5) is 12.3. The lowest BCUT2D eigenvalue weighted by atomic mass is 10.2. The molecule has 3 heteroatoms. The van der Waals surface area contributed by atoms with Gasteiger partial charge in [0, 0.05) is 11.2 Å². The molecule has 0 radical (unpaired) electrons. The molecule has 72 valence electrons. The Kier molecular flexibility index (Phi) is 2.50. The Balaban J connectivity index is 2.40. The molecule has 1 aromatic carbocycles. The van der Waals surface area contributed by atoms with Crippen molar-refractivity contribution in [3.05, 3.63) is 35.2 Å². The van der Waals surface area contributed by atoms with Gasteiger partial charge in [-0.1, -0.05) is 18.2 Å². The molecule has 0 atom stereocenters. The smallest absolute Gasteiger partial charge is 0.261 e. The van der Waals surface area contributed by atoms with Gasteiger partial charge in [0.05, 0.1) is 4.88 Å². The van der Waals surface area contributed by atoms with Crippen molar-refractivity contribution < 1.29 is 4.79 Å². The quantitative estimate of drug-likeness (QED) is 0.802. The number of rotatable bonds is 2. The minimum Gasteiger partial charge on any atom is -0.352 e. The summed E-state index contributed by atoms with van der Waals surface area (Å²) in [6.45, 7) is 2.60. The van der Waals surface area contributed by atoms with Gasteiger partial charge in [0.25, 0.3) is 5.91 Å². The van der Waals surface area contributed by atoms with E-state index in [9.17, 15) is 4.79 Å². The van der Waals surface area contributed by atoms with Crippen LogP contribution >= 0.6 is 11.3 Å². The van der Waals surface area contributed by atoms with E-state index in [0.717, 1.165) is 15.0 Å². The number of thiophene rings is 1. The monoisotopic (exact) mass is 205 g/mol. The molecule has 2 rings (SSSR count). The predicted octanol–water partition coefficient (Wildman–Crippen LogP) is 2.65. The maximum atomic E-state index is 11.5. The van der Waals surface area contributed by atoms with Gasteiger partial charge in [-0.25, -0.2) is 0 Å². The Labute approximate surface area is 86.6 Å². The van der Waals surface area contributed by atoms with Crippen molar-refractivity contribution in [2.75, 3.05) is 6.54 Å². The highest BCUT2D eigenvalue weighted by Crippen LogP contribution is 2.24. The highest BCUT2D eigenvalue weighted by atomic mass is 32.1. The first-order valence-corrected chi connectivity index (χ1v) is 5.39. The molecule has 14 heavy (non-hydrogen) atoms. The fourth-order valence-corrected chi connectivity index (χ4v) is 2.32. The number of carbonyl (C=O) groups is 1. The first kappa shape index (κ1) is 9.21. The van der Waals surface area contributed by atoms with Gasteiger partial charge >= 0.3 is 0 Å².